The summed E-state index contributed by atoms with van der Waals surface area (Å²) in [7, 11) is 0. The fourth-order valence-corrected chi connectivity index (χ4v) is 3.81. The van der Waals surface area contributed by atoms with Crippen LogP contribution in [0.5, 0.6) is 0 Å². The van der Waals surface area contributed by atoms with Crippen LogP contribution in [0.15, 0.2) is 46.9 Å². The third-order valence-electron chi connectivity index (χ3n) is 3.94. The minimum Gasteiger partial charge on any atom is -0.389 e. The first-order valence-corrected chi connectivity index (χ1v) is 8.29. The van der Waals surface area contributed by atoms with Crippen molar-refractivity contribution in [2.75, 3.05) is 5.32 Å². The van der Waals surface area contributed by atoms with Crippen molar-refractivity contribution in [3.8, 4) is 0 Å². The van der Waals surface area contributed by atoms with Crippen molar-refractivity contribution >= 4 is 38.8 Å². The SMILES string of the molecule is NC(=S)c1ccc(NC2CCCc3ccccc32)cc1Br. The number of nitrogens with two attached hydrogens (primary N) is 1. The summed E-state index contributed by atoms with van der Waals surface area (Å²) in [4.78, 5) is 0.413. The van der Waals surface area contributed by atoms with Crippen molar-refractivity contribution in [2.24, 2.45) is 5.73 Å². The second-order valence-electron chi connectivity index (χ2n) is 5.35. The van der Waals surface area contributed by atoms with Gasteiger partial charge in [0.2, 0.25) is 0 Å². The van der Waals surface area contributed by atoms with E-state index in [-0.39, 0.29) is 0 Å². The van der Waals surface area contributed by atoms with E-state index in [2.05, 4.69) is 45.5 Å². The van der Waals surface area contributed by atoms with Gasteiger partial charge in [-0.2, -0.15) is 0 Å². The average molecular weight is 361 g/mol. The van der Waals surface area contributed by atoms with Gasteiger partial charge in [0, 0.05) is 15.7 Å². The molecule has 3 rings (SSSR count). The van der Waals surface area contributed by atoms with E-state index in [1.54, 1.807) is 0 Å². The van der Waals surface area contributed by atoms with Crippen LogP contribution in [-0.4, -0.2) is 4.99 Å². The Morgan fingerprint density at radius 1 is 1.24 bits per heavy atom. The van der Waals surface area contributed by atoms with Crippen molar-refractivity contribution in [1.82, 2.24) is 0 Å². The van der Waals surface area contributed by atoms with Gasteiger partial charge in [0.15, 0.2) is 0 Å². The van der Waals surface area contributed by atoms with Gasteiger partial charge in [0.1, 0.15) is 4.99 Å². The van der Waals surface area contributed by atoms with E-state index in [1.165, 1.54) is 24.0 Å². The number of thiocarbonyl (C=S) groups is 1. The number of rotatable bonds is 3. The normalized spacial score (nSPS) is 17.1. The summed E-state index contributed by atoms with van der Waals surface area (Å²) in [5.41, 5.74) is 10.5. The number of aryl methyl sites for hydroxylation is 1. The van der Waals surface area contributed by atoms with Gasteiger partial charge in [-0.1, -0.05) is 36.5 Å². The first-order valence-electron chi connectivity index (χ1n) is 7.09. The van der Waals surface area contributed by atoms with E-state index < -0.39 is 0 Å². The van der Waals surface area contributed by atoms with Crippen LogP contribution in [0.3, 0.4) is 0 Å². The molecule has 1 aliphatic carbocycles. The number of benzene rings is 2. The Bertz CT molecular complexity index is 684. The van der Waals surface area contributed by atoms with E-state index in [0.717, 1.165) is 22.1 Å². The molecule has 1 aliphatic rings. The molecule has 3 N–H and O–H groups in total. The maximum absolute atomic E-state index is 5.69. The smallest absolute Gasteiger partial charge is 0.105 e. The largest absolute Gasteiger partial charge is 0.389 e. The molecule has 0 heterocycles. The summed E-state index contributed by atoms with van der Waals surface area (Å²) in [5, 5.41) is 3.63. The van der Waals surface area contributed by atoms with Gasteiger partial charge in [-0.05, 0) is 64.5 Å². The highest BCUT2D eigenvalue weighted by molar-refractivity contribution is 9.10. The Balaban J connectivity index is 1.85. The molecule has 0 aromatic heterocycles. The molecule has 1 atom stereocenters. The summed E-state index contributed by atoms with van der Waals surface area (Å²) >= 11 is 8.57. The van der Waals surface area contributed by atoms with E-state index in [0.29, 0.717) is 11.0 Å². The maximum Gasteiger partial charge on any atom is 0.105 e. The van der Waals surface area contributed by atoms with Crippen LogP contribution in [0.25, 0.3) is 0 Å². The first-order chi connectivity index (χ1) is 10.1. The van der Waals surface area contributed by atoms with E-state index in [9.17, 15) is 0 Å². The molecule has 2 nitrogen and oxygen atoms in total. The third kappa shape index (κ3) is 3.11. The van der Waals surface area contributed by atoms with Gasteiger partial charge in [0.05, 0.1) is 6.04 Å². The molecule has 21 heavy (non-hydrogen) atoms. The monoisotopic (exact) mass is 360 g/mol. The van der Waals surface area contributed by atoms with Gasteiger partial charge in [0.25, 0.3) is 0 Å². The van der Waals surface area contributed by atoms with Gasteiger partial charge in [-0.3, -0.25) is 0 Å². The maximum atomic E-state index is 5.69. The molecule has 2 aromatic rings. The zero-order valence-electron chi connectivity index (χ0n) is 11.6. The Hall–Kier alpha value is -1.39. The number of halogens is 1. The predicted octanol–water partition coefficient (Wildman–Crippen LogP) is 4.57. The van der Waals surface area contributed by atoms with Crippen molar-refractivity contribution in [1.29, 1.82) is 0 Å². The number of fused-ring (bicyclic) bond motifs is 1. The van der Waals surface area contributed by atoms with Gasteiger partial charge in [-0.25, -0.2) is 0 Å². The van der Waals surface area contributed by atoms with Crippen LogP contribution in [0.4, 0.5) is 5.69 Å². The van der Waals surface area contributed by atoms with E-state index >= 15 is 0 Å². The molecule has 0 aliphatic heterocycles. The molecule has 1 unspecified atom stereocenters. The minimum atomic E-state index is 0.373. The van der Waals surface area contributed by atoms with Crippen LogP contribution in [-0.2, 0) is 6.42 Å². The fourth-order valence-electron chi connectivity index (χ4n) is 2.91. The van der Waals surface area contributed by atoms with Crippen molar-refractivity contribution < 1.29 is 0 Å². The molecule has 0 saturated carbocycles. The summed E-state index contributed by atoms with van der Waals surface area (Å²) in [6.07, 6.45) is 3.56. The molecule has 108 valence electrons. The quantitative estimate of drug-likeness (QED) is 0.787. The standard InChI is InChI=1S/C17H17BrN2S/c18-15-10-12(8-9-14(15)17(19)21)20-16-7-3-5-11-4-1-2-6-13(11)16/h1-2,4,6,8-10,16,20H,3,5,7H2,(H2,19,21). The average Bonchev–Trinajstić information content (AvgIpc) is 2.47. The van der Waals surface area contributed by atoms with Gasteiger partial charge >= 0.3 is 0 Å². The lowest BCUT2D eigenvalue weighted by Crippen LogP contribution is -2.17. The molecule has 4 heteroatoms. The topological polar surface area (TPSA) is 38.0 Å². The molecule has 2 aromatic carbocycles. The summed E-state index contributed by atoms with van der Waals surface area (Å²) in [5.74, 6) is 0. The van der Waals surface area contributed by atoms with Crippen LogP contribution >= 0.6 is 28.1 Å². The molecule has 0 spiro atoms. The fraction of sp³-hybridized carbons (Fsp3) is 0.235. The molecule has 0 radical (unpaired) electrons. The summed E-state index contributed by atoms with van der Waals surface area (Å²) in [6.45, 7) is 0. The zero-order chi connectivity index (χ0) is 14.8. The van der Waals surface area contributed by atoms with Crippen LogP contribution in [0.1, 0.15) is 35.6 Å². The second kappa shape index (κ2) is 6.16. The predicted molar refractivity (Wildman–Crippen MR) is 95.8 cm³/mol. The lowest BCUT2D eigenvalue weighted by molar-refractivity contribution is 0.600. The third-order valence-corrected chi connectivity index (χ3v) is 4.82. The highest BCUT2D eigenvalue weighted by Crippen LogP contribution is 2.33. The number of nitrogens with one attached hydrogen (secondary N) is 1. The van der Waals surface area contributed by atoms with Crippen molar-refractivity contribution in [3.63, 3.8) is 0 Å². The van der Waals surface area contributed by atoms with Crippen molar-refractivity contribution in [3.05, 3.63) is 63.6 Å². The molecular weight excluding hydrogens is 344 g/mol. The van der Waals surface area contributed by atoms with Crippen LogP contribution in [0, 0.1) is 0 Å². The summed E-state index contributed by atoms with van der Waals surface area (Å²) in [6, 6.07) is 15.1. The lowest BCUT2D eigenvalue weighted by atomic mass is 9.87. The Morgan fingerprint density at radius 2 is 2.05 bits per heavy atom. The number of anilines is 1. The number of hydrogen-bond acceptors (Lipinski definition) is 2. The van der Waals surface area contributed by atoms with E-state index in [1.807, 2.05) is 18.2 Å². The van der Waals surface area contributed by atoms with E-state index in [4.69, 9.17) is 18.0 Å². The van der Waals surface area contributed by atoms with Crippen molar-refractivity contribution in [2.45, 2.75) is 25.3 Å². The second-order valence-corrected chi connectivity index (χ2v) is 6.64. The van der Waals surface area contributed by atoms with Gasteiger partial charge < -0.3 is 11.1 Å². The molecule has 0 bridgehead atoms. The number of hydrogen-bond donors (Lipinski definition) is 2. The first kappa shape index (κ1) is 14.5. The zero-order valence-corrected chi connectivity index (χ0v) is 14.0. The van der Waals surface area contributed by atoms with Crippen LogP contribution in [0.2, 0.25) is 0 Å². The molecule has 0 amide bonds. The van der Waals surface area contributed by atoms with Gasteiger partial charge in [-0.15, -0.1) is 0 Å². The molecule has 0 fully saturated rings. The highest BCUT2D eigenvalue weighted by atomic mass is 79.9. The lowest BCUT2D eigenvalue weighted by Gasteiger charge is -2.27. The molecular formula is C17H17BrN2S. The Labute approximate surface area is 138 Å². The highest BCUT2D eigenvalue weighted by Gasteiger charge is 2.19. The van der Waals surface area contributed by atoms with Crippen LogP contribution < -0.4 is 11.1 Å². The minimum absolute atomic E-state index is 0.373. The Morgan fingerprint density at radius 3 is 2.81 bits per heavy atom. The Kier molecular flexibility index (Phi) is 4.27. The molecule has 0 saturated heterocycles. The summed E-state index contributed by atoms with van der Waals surface area (Å²) < 4.78 is 0.934.